The smallest absolute Gasteiger partial charge is 0.159 e. The fraction of sp³-hybridized carbons (Fsp3) is 0.0204. The van der Waals surface area contributed by atoms with Crippen LogP contribution in [-0.4, -0.2) is 4.57 Å². The molecule has 3 aliphatic rings. The quantitative estimate of drug-likeness (QED) is 0.170. The van der Waals surface area contributed by atoms with E-state index in [-0.39, 0.29) is 0 Å². The van der Waals surface area contributed by atoms with Crippen molar-refractivity contribution in [3.05, 3.63) is 192 Å². The lowest BCUT2D eigenvalue weighted by Crippen LogP contribution is -2.33. The van der Waals surface area contributed by atoms with E-state index in [0.29, 0.717) is 0 Å². The molecule has 0 saturated carbocycles. The van der Waals surface area contributed by atoms with Crippen LogP contribution in [0.15, 0.2) is 170 Å². The number of fused-ring (bicyclic) bond motifs is 18. The van der Waals surface area contributed by atoms with Crippen LogP contribution in [0.1, 0.15) is 22.3 Å². The SMILES string of the molecule is c1ccc2c(c1)Oc1c(ccc3c1-c1ccccc1C31c3ccccc3-n3c4ccccc4c4cccc1c43)N2c1cccc2c1sc1ccccc12. The topological polar surface area (TPSA) is 17.4 Å². The lowest BCUT2D eigenvalue weighted by molar-refractivity contribution is 0.478. The first-order chi connectivity index (χ1) is 26.3. The molecular formula is C49H28N2OS. The highest BCUT2D eigenvalue weighted by Gasteiger charge is 2.52. The van der Waals surface area contributed by atoms with E-state index >= 15 is 0 Å². The minimum Gasteiger partial charge on any atom is -0.452 e. The van der Waals surface area contributed by atoms with Crippen LogP contribution >= 0.6 is 11.3 Å². The molecule has 0 saturated heterocycles. The molecule has 2 aliphatic heterocycles. The minimum atomic E-state index is -0.544. The summed E-state index contributed by atoms with van der Waals surface area (Å²) in [5, 5.41) is 5.13. The average molecular weight is 693 g/mol. The molecule has 4 heterocycles. The van der Waals surface area contributed by atoms with Crippen LogP contribution in [-0.2, 0) is 5.41 Å². The van der Waals surface area contributed by atoms with E-state index in [4.69, 9.17) is 4.74 Å². The Balaban J connectivity index is 1.16. The molecule has 8 aromatic carbocycles. The van der Waals surface area contributed by atoms with Gasteiger partial charge in [-0.05, 0) is 70.3 Å². The van der Waals surface area contributed by atoms with Gasteiger partial charge in [-0.25, -0.2) is 0 Å². The van der Waals surface area contributed by atoms with Crippen LogP contribution < -0.4 is 9.64 Å². The molecule has 1 atom stereocenters. The Morgan fingerprint density at radius 1 is 0.453 bits per heavy atom. The Morgan fingerprint density at radius 2 is 1.13 bits per heavy atom. The summed E-state index contributed by atoms with van der Waals surface area (Å²) in [5.74, 6) is 1.76. The van der Waals surface area contributed by atoms with Crippen molar-refractivity contribution in [2.75, 3.05) is 4.90 Å². The van der Waals surface area contributed by atoms with Gasteiger partial charge in [0, 0.05) is 31.8 Å². The Morgan fingerprint density at radius 3 is 2.08 bits per heavy atom. The van der Waals surface area contributed by atoms with Crippen LogP contribution in [0.25, 0.3) is 58.8 Å². The summed E-state index contributed by atoms with van der Waals surface area (Å²) in [4.78, 5) is 2.44. The van der Waals surface area contributed by atoms with Gasteiger partial charge in [-0.15, -0.1) is 11.3 Å². The van der Waals surface area contributed by atoms with Crippen LogP contribution in [0.4, 0.5) is 17.1 Å². The molecule has 0 radical (unpaired) electrons. The first kappa shape index (κ1) is 28.0. The van der Waals surface area contributed by atoms with Gasteiger partial charge in [0.05, 0.1) is 43.9 Å². The molecule has 0 bridgehead atoms. The molecular weight excluding hydrogens is 665 g/mol. The maximum atomic E-state index is 7.17. The van der Waals surface area contributed by atoms with Crippen molar-refractivity contribution in [2.45, 2.75) is 5.41 Å². The molecule has 1 spiro atoms. The van der Waals surface area contributed by atoms with Crippen molar-refractivity contribution in [2.24, 2.45) is 0 Å². The zero-order valence-corrected chi connectivity index (χ0v) is 29.2. The van der Waals surface area contributed by atoms with Gasteiger partial charge in [0.2, 0.25) is 0 Å². The van der Waals surface area contributed by atoms with Crippen LogP contribution in [0, 0.1) is 0 Å². The van der Waals surface area contributed by atoms with E-state index < -0.39 is 5.41 Å². The van der Waals surface area contributed by atoms with Gasteiger partial charge in [-0.1, -0.05) is 127 Å². The second-order valence-corrected chi connectivity index (χ2v) is 15.4. The number of rotatable bonds is 1. The molecule has 2 aromatic heterocycles. The molecule has 0 N–H and O–H groups in total. The highest BCUT2D eigenvalue weighted by Crippen LogP contribution is 2.66. The lowest BCUT2D eigenvalue weighted by atomic mass is 9.65. The number of nitrogens with zero attached hydrogens (tertiary/aromatic N) is 2. The summed E-state index contributed by atoms with van der Waals surface area (Å²) in [6.07, 6.45) is 0. The number of anilines is 3. The second-order valence-electron chi connectivity index (χ2n) is 14.4. The fourth-order valence-electron chi connectivity index (χ4n) is 10.0. The van der Waals surface area contributed by atoms with E-state index in [1.165, 1.54) is 81.2 Å². The standard InChI is InChI=1S/C49H28N2OS/c1-4-18-34-33(15-1)45-36(49(34)35-19-5-7-22-39(35)51-38-21-6-2-13-29(38)31-16-11-20-37(49)46(31)51)27-28-41-47(45)52-43-25-9-8-23-40(43)50(41)42-24-12-17-32-30-14-3-10-26-44(30)53-48(32)42/h1-28H. The Labute approximate surface area is 309 Å². The number of benzene rings is 8. The number of hydrogen-bond donors (Lipinski definition) is 0. The molecule has 246 valence electrons. The van der Waals surface area contributed by atoms with Gasteiger partial charge in [-0.2, -0.15) is 0 Å². The van der Waals surface area contributed by atoms with Crippen molar-refractivity contribution in [1.82, 2.24) is 4.57 Å². The summed E-state index contributed by atoms with van der Waals surface area (Å²) < 4.78 is 12.2. The van der Waals surface area contributed by atoms with E-state index in [9.17, 15) is 0 Å². The van der Waals surface area contributed by atoms with Crippen molar-refractivity contribution >= 4 is 70.4 Å². The molecule has 0 amide bonds. The van der Waals surface area contributed by atoms with Gasteiger partial charge >= 0.3 is 0 Å². The van der Waals surface area contributed by atoms with Crippen molar-refractivity contribution in [3.8, 4) is 28.3 Å². The van der Waals surface area contributed by atoms with Gasteiger partial charge < -0.3 is 14.2 Å². The van der Waals surface area contributed by atoms with Crippen molar-refractivity contribution in [3.63, 3.8) is 0 Å². The molecule has 13 rings (SSSR count). The maximum Gasteiger partial charge on any atom is 0.159 e. The maximum absolute atomic E-state index is 7.17. The predicted molar refractivity (Wildman–Crippen MR) is 219 cm³/mol. The third kappa shape index (κ3) is 3.28. The summed E-state index contributed by atoms with van der Waals surface area (Å²) in [5.41, 5.74) is 14.0. The first-order valence-corrected chi connectivity index (χ1v) is 19.0. The first-order valence-electron chi connectivity index (χ1n) is 18.2. The number of hydrogen-bond acceptors (Lipinski definition) is 3. The largest absolute Gasteiger partial charge is 0.452 e. The van der Waals surface area contributed by atoms with Crippen molar-refractivity contribution < 1.29 is 4.74 Å². The molecule has 53 heavy (non-hydrogen) atoms. The fourth-order valence-corrected chi connectivity index (χ4v) is 11.2. The van der Waals surface area contributed by atoms with Gasteiger partial charge in [0.25, 0.3) is 0 Å². The Hall–Kier alpha value is -6.62. The van der Waals surface area contributed by atoms with Crippen LogP contribution in [0.3, 0.4) is 0 Å². The van der Waals surface area contributed by atoms with Crippen molar-refractivity contribution in [1.29, 1.82) is 0 Å². The lowest BCUT2D eigenvalue weighted by Gasteiger charge is -2.40. The van der Waals surface area contributed by atoms with Crippen LogP contribution in [0.5, 0.6) is 11.5 Å². The van der Waals surface area contributed by atoms with E-state index in [1.54, 1.807) is 0 Å². The molecule has 1 aliphatic carbocycles. The molecule has 1 unspecified atom stereocenters. The van der Waals surface area contributed by atoms with E-state index in [1.807, 2.05) is 11.3 Å². The predicted octanol–water partition coefficient (Wildman–Crippen LogP) is 13.4. The third-order valence-electron chi connectivity index (χ3n) is 12.0. The van der Waals surface area contributed by atoms with E-state index in [0.717, 1.165) is 28.4 Å². The highest BCUT2D eigenvalue weighted by molar-refractivity contribution is 7.26. The number of aromatic nitrogens is 1. The number of ether oxygens (including phenoxy) is 1. The number of para-hydroxylation sites is 5. The van der Waals surface area contributed by atoms with Gasteiger partial charge in [0.15, 0.2) is 11.5 Å². The second kappa shape index (κ2) is 9.82. The monoisotopic (exact) mass is 692 g/mol. The summed E-state index contributed by atoms with van der Waals surface area (Å²) in [6.45, 7) is 0. The van der Waals surface area contributed by atoms with Gasteiger partial charge in [0.1, 0.15) is 0 Å². The Bertz CT molecular complexity index is 3240. The minimum absolute atomic E-state index is 0.544. The summed E-state index contributed by atoms with van der Waals surface area (Å²) in [6, 6.07) is 62.5. The summed E-state index contributed by atoms with van der Waals surface area (Å²) in [7, 11) is 0. The highest BCUT2D eigenvalue weighted by atomic mass is 32.1. The average Bonchev–Trinajstić information content (AvgIpc) is 3.87. The van der Waals surface area contributed by atoms with E-state index in [2.05, 4.69) is 179 Å². The number of thiophene rings is 1. The molecule has 10 aromatic rings. The van der Waals surface area contributed by atoms with Crippen LogP contribution in [0.2, 0.25) is 0 Å². The third-order valence-corrected chi connectivity index (χ3v) is 13.2. The zero-order valence-electron chi connectivity index (χ0n) is 28.4. The summed E-state index contributed by atoms with van der Waals surface area (Å²) >= 11 is 1.86. The molecule has 3 nitrogen and oxygen atoms in total. The zero-order chi connectivity index (χ0) is 34.4. The Kier molecular flexibility index (Phi) is 5.19. The normalized spacial score (nSPS) is 16.1. The molecule has 4 heteroatoms. The molecule has 0 fully saturated rings. The van der Waals surface area contributed by atoms with Gasteiger partial charge in [-0.3, -0.25) is 0 Å².